The smallest absolute Gasteiger partial charge is 0.234 e. The Hall–Kier alpha value is 0.820. The van der Waals surface area contributed by atoms with Crippen molar-refractivity contribution in [3.8, 4) is 0 Å². The van der Waals surface area contributed by atoms with Gasteiger partial charge in [-0.1, -0.05) is 69.6 Å². The Morgan fingerprint density at radius 3 is 1.21 bits per heavy atom. The van der Waals surface area contributed by atoms with Crippen LogP contribution in [0.3, 0.4) is 0 Å². The van der Waals surface area contributed by atoms with Crippen LogP contribution in [0.1, 0.15) is 11.4 Å². The number of aromatic nitrogens is 2. The van der Waals surface area contributed by atoms with Crippen LogP contribution in [0, 0.1) is 0 Å². The highest BCUT2D eigenvalue weighted by Crippen LogP contribution is 2.45. The molecule has 0 bridgehead atoms. The zero-order chi connectivity index (χ0) is 11.0. The van der Waals surface area contributed by atoms with E-state index >= 15 is 0 Å². The molecule has 1 aromatic rings. The summed E-state index contributed by atoms with van der Waals surface area (Å²) in [6, 6.07) is 0. The van der Waals surface area contributed by atoms with Crippen molar-refractivity contribution in [3.05, 3.63) is 23.8 Å². The fraction of sp³-hybridized carbons (Fsp3) is 0.333. The van der Waals surface area contributed by atoms with Crippen molar-refractivity contribution in [2.75, 3.05) is 0 Å². The Balaban J connectivity index is 3.31. The van der Waals surface area contributed by atoms with Gasteiger partial charge in [-0.3, -0.25) is 9.97 Å². The minimum Gasteiger partial charge on any atom is -0.253 e. The van der Waals surface area contributed by atoms with Crippen molar-refractivity contribution in [2.24, 2.45) is 0 Å². The number of alkyl halides is 6. The predicted octanol–water partition coefficient (Wildman–Crippen LogP) is 4.13. The third-order valence-electron chi connectivity index (χ3n) is 1.24. The second-order valence-electron chi connectivity index (χ2n) is 2.25. The second kappa shape index (κ2) is 4.36. The van der Waals surface area contributed by atoms with Crippen molar-refractivity contribution in [3.63, 3.8) is 0 Å². The summed E-state index contributed by atoms with van der Waals surface area (Å²) in [7, 11) is 0. The van der Waals surface area contributed by atoms with E-state index < -0.39 is 7.59 Å². The number of hydrogen-bond donors (Lipinski definition) is 0. The van der Waals surface area contributed by atoms with E-state index in [9.17, 15) is 0 Å². The quantitative estimate of drug-likeness (QED) is 0.673. The zero-order valence-electron chi connectivity index (χ0n) is 6.32. The van der Waals surface area contributed by atoms with E-state index in [2.05, 4.69) is 9.97 Å². The molecule has 0 aliphatic rings. The first-order chi connectivity index (χ1) is 6.23. The molecule has 0 aliphatic carbocycles. The van der Waals surface area contributed by atoms with Gasteiger partial charge >= 0.3 is 0 Å². The molecule has 0 radical (unpaired) electrons. The fourth-order valence-electron chi connectivity index (χ4n) is 0.753. The monoisotopic (exact) mass is 312 g/mol. The van der Waals surface area contributed by atoms with Crippen molar-refractivity contribution in [1.82, 2.24) is 9.97 Å². The van der Waals surface area contributed by atoms with Crippen molar-refractivity contribution in [2.45, 2.75) is 7.59 Å². The normalized spacial score (nSPS) is 13.0. The first kappa shape index (κ1) is 12.9. The van der Waals surface area contributed by atoms with Gasteiger partial charge in [0.1, 0.15) is 11.4 Å². The number of hydrogen-bond acceptors (Lipinski definition) is 2. The lowest BCUT2D eigenvalue weighted by Crippen LogP contribution is -2.15. The summed E-state index contributed by atoms with van der Waals surface area (Å²) < 4.78 is -3.54. The summed E-state index contributed by atoms with van der Waals surface area (Å²) >= 11 is 33.7. The molecular weight excluding hydrogens is 313 g/mol. The molecule has 0 amide bonds. The molecule has 0 fully saturated rings. The first-order valence-corrected chi connectivity index (χ1v) is 5.45. The van der Waals surface area contributed by atoms with Crippen molar-refractivity contribution < 1.29 is 0 Å². The minimum atomic E-state index is -1.77. The lowest BCUT2D eigenvalue weighted by molar-refractivity contribution is 0.937. The van der Waals surface area contributed by atoms with E-state index in [0.717, 1.165) is 0 Å². The lowest BCUT2D eigenvalue weighted by Gasteiger charge is -2.18. The highest BCUT2D eigenvalue weighted by molar-refractivity contribution is 6.68. The largest absolute Gasteiger partial charge is 0.253 e. The summed E-state index contributed by atoms with van der Waals surface area (Å²) in [5, 5.41) is 0. The summed E-state index contributed by atoms with van der Waals surface area (Å²) in [6.07, 6.45) is 2.69. The molecule has 14 heavy (non-hydrogen) atoms. The Morgan fingerprint density at radius 2 is 1.00 bits per heavy atom. The molecule has 0 spiro atoms. The van der Waals surface area contributed by atoms with Gasteiger partial charge in [0.15, 0.2) is 0 Å². The van der Waals surface area contributed by atoms with Crippen LogP contribution >= 0.6 is 69.6 Å². The molecule has 0 unspecified atom stereocenters. The minimum absolute atomic E-state index is 0.00463. The number of nitrogens with zero attached hydrogens (tertiary/aromatic N) is 2. The standard InChI is InChI=1S/C6H2Cl6N2/c7-5(8,9)3-4(6(10,11)12)14-2-1-13-3/h1-2H. The van der Waals surface area contributed by atoms with Gasteiger partial charge < -0.3 is 0 Å². The van der Waals surface area contributed by atoms with E-state index in [-0.39, 0.29) is 11.4 Å². The molecule has 2 nitrogen and oxygen atoms in total. The average molecular weight is 315 g/mol. The third kappa shape index (κ3) is 3.16. The Kier molecular flexibility index (Phi) is 4.02. The highest BCUT2D eigenvalue weighted by atomic mass is 35.6. The maximum Gasteiger partial charge on any atom is 0.234 e. The van der Waals surface area contributed by atoms with E-state index in [1.807, 2.05) is 0 Å². The molecule has 0 aromatic carbocycles. The maximum atomic E-state index is 5.62. The summed E-state index contributed by atoms with van der Waals surface area (Å²) in [4.78, 5) is 7.61. The van der Waals surface area contributed by atoms with Crippen molar-refractivity contribution >= 4 is 69.6 Å². The van der Waals surface area contributed by atoms with Gasteiger partial charge in [0.2, 0.25) is 7.59 Å². The SMILES string of the molecule is ClC(Cl)(Cl)c1nccnc1C(Cl)(Cl)Cl. The fourth-order valence-corrected chi connectivity index (χ4v) is 1.58. The predicted molar refractivity (Wildman–Crippen MR) is 60.5 cm³/mol. The third-order valence-corrected chi connectivity index (χ3v) is 2.31. The lowest BCUT2D eigenvalue weighted by atomic mass is 10.3. The molecule has 0 N–H and O–H groups in total. The summed E-state index contributed by atoms with van der Waals surface area (Å²) in [5.74, 6) is 0. The molecule has 8 heteroatoms. The van der Waals surface area contributed by atoms with Gasteiger partial charge in [0, 0.05) is 12.4 Å². The van der Waals surface area contributed by atoms with Crippen LogP contribution in [0.4, 0.5) is 0 Å². The molecular formula is C6H2Cl6N2. The molecule has 0 saturated heterocycles. The van der Waals surface area contributed by atoms with Gasteiger partial charge in [-0.15, -0.1) is 0 Å². The van der Waals surface area contributed by atoms with Gasteiger partial charge in [-0.25, -0.2) is 0 Å². The van der Waals surface area contributed by atoms with Crippen LogP contribution in [0.2, 0.25) is 0 Å². The van der Waals surface area contributed by atoms with Crippen LogP contribution in [0.5, 0.6) is 0 Å². The zero-order valence-corrected chi connectivity index (χ0v) is 10.9. The number of halogens is 6. The molecule has 1 aromatic heterocycles. The van der Waals surface area contributed by atoms with Crippen LogP contribution < -0.4 is 0 Å². The van der Waals surface area contributed by atoms with E-state index in [0.29, 0.717) is 0 Å². The van der Waals surface area contributed by atoms with E-state index in [4.69, 9.17) is 69.6 Å². The van der Waals surface area contributed by atoms with Crippen LogP contribution in [-0.4, -0.2) is 9.97 Å². The Morgan fingerprint density at radius 1 is 0.714 bits per heavy atom. The van der Waals surface area contributed by atoms with Crippen molar-refractivity contribution in [1.29, 1.82) is 0 Å². The van der Waals surface area contributed by atoms with Gasteiger partial charge in [-0.2, -0.15) is 0 Å². The topological polar surface area (TPSA) is 25.8 Å². The Labute approximate surface area is 110 Å². The second-order valence-corrected chi connectivity index (χ2v) is 6.81. The average Bonchev–Trinajstić information content (AvgIpc) is 2.01. The van der Waals surface area contributed by atoms with Crippen LogP contribution in [0.25, 0.3) is 0 Å². The van der Waals surface area contributed by atoms with E-state index in [1.54, 1.807) is 0 Å². The molecule has 0 atom stereocenters. The van der Waals surface area contributed by atoms with Crippen LogP contribution in [-0.2, 0) is 7.59 Å². The van der Waals surface area contributed by atoms with Crippen LogP contribution in [0.15, 0.2) is 12.4 Å². The summed E-state index contributed by atoms with van der Waals surface area (Å²) in [5.41, 5.74) is 0.00926. The first-order valence-electron chi connectivity index (χ1n) is 3.18. The Bertz CT molecular complexity index is 295. The molecule has 78 valence electrons. The highest BCUT2D eigenvalue weighted by Gasteiger charge is 2.37. The maximum absolute atomic E-state index is 5.62. The summed E-state index contributed by atoms with van der Waals surface area (Å²) in [6.45, 7) is 0. The van der Waals surface area contributed by atoms with Gasteiger partial charge in [0.05, 0.1) is 0 Å². The van der Waals surface area contributed by atoms with Gasteiger partial charge in [0.25, 0.3) is 0 Å². The molecule has 0 aliphatic heterocycles. The van der Waals surface area contributed by atoms with E-state index in [1.165, 1.54) is 12.4 Å². The number of rotatable bonds is 0. The molecule has 1 rings (SSSR count). The van der Waals surface area contributed by atoms with Gasteiger partial charge in [-0.05, 0) is 0 Å². The molecule has 1 heterocycles. The molecule has 0 saturated carbocycles.